The lowest BCUT2D eigenvalue weighted by Gasteiger charge is -2.21. The highest BCUT2D eigenvalue weighted by atomic mass is 16.5. The molecule has 1 aromatic carbocycles. The number of carbonyl (C=O) groups excluding carboxylic acids is 1. The number of rotatable bonds is 6. The molecule has 0 bridgehead atoms. The van der Waals surface area contributed by atoms with Crippen LogP contribution in [0.3, 0.4) is 0 Å². The van der Waals surface area contributed by atoms with Gasteiger partial charge in [-0.15, -0.1) is 0 Å². The summed E-state index contributed by atoms with van der Waals surface area (Å²) in [5, 5.41) is 11.6. The molecule has 0 heterocycles. The SMILES string of the molecule is CC(CCO)NC(=O)C(C)Oc1ccc(C(C)(C)C)cc1. The third-order valence-corrected chi connectivity index (χ3v) is 3.35. The maximum Gasteiger partial charge on any atom is 0.260 e. The molecule has 4 nitrogen and oxygen atoms in total. The van der Waals surface area contributed by atoms with E-state index in [1.54, 1.807) is 6.92 Å². The van der Waals surface area contributed by atoms with E-state index in [0.29, 0.717) is 12.2 Å². The van der Waals surface area contributed by atoms with Crippen LogP contribution in [0.4, 0.5) is 0 Å². The van der Waals surface area contributed by atoms with Crippen LogP contribution in [-0.2, 0) is 10.2 Å². The van der Waals surface area contributed by atoms with E-state index in [9.17, 15) is 4.79 Å². The molecule has 0 aliphatic rings. The maximum atomic E-state index is 11.9. The number of ether oxygens (including phenoxy) is 1. The van der Waals surface area contributed by atoms with Crippen molar-refractivity contribution in [2.24, 2.45) is 0 Å². The Balaban J connectivity index is 2.58. The zero-order valence-corrected chi connectivity index (χ0v) is 13.6. The Kier molecular flexibility index (Phi) is 6.21. The van der Waals surface area contributed by atoms with E-state index in [4.69, 9.17) is 9.84 Å². The van der Waals surface area contributed by atoms with E-state index < -0.39 is 6.10 Å². The minimum Gasteiger partial charge on any atom is -0.481 e. The van der Waals surface area contributed by atoms with Crippen molar-refractivity contribution in [3.63, 3.8) is 0 Å². The molecule has 0 aromatic heterocycles. The summed E-state index contributed by atoms with van der Waals surface area (Å²) < 4.78 is 5.65. The summed E-state index contributed by atoms with van der Waals surface area (Å²) in [6, 6.07) is 7.77. The second-order valence-corrected chi connectivity index (χ2v) is 6.46. The zero-order valence-electron chi connectivity index (χ0n) is 13.6. The van der Waals surface area contributed by atoms with Crippen LogP contribution in [0.1, 0.15) is 46.6 Å². The topological polar surface area (TPSA) is 58.6 Å². The highest BCUT2D eigenvalue weighted by molar-refractivity contribution is 5.80. The molecule has 0 saturated heterocycles. The summed E-state index contributed by atoms with van der Waals surface area (Å²) in [7, 11) is 0. The lowest BCUT2D eigenvalue weighted by atomic mass is 9.87. The molecule has 21 heavy (non-hydrogen) atoms. The fourth-order valence-corrected chi connectivity index (χ4v) is 1.92. The fraction of sp³-hybridized carbons (Fsp3) is 0.588. The van der Waals surface area contributed by atoms with Gasteiger partial charge in [-0.1, -0.05) is 32.9 Å². The van der Waals surface area contributed by atoms with Gasteiger partial charge in [0.25, 0.3) is 5.91 Å². The Morgan fingerprint density at radius 2 is 1.81 bits per heavy atom. The van der Waals surface area contributed by atoms with Crippen LogP contribution in [0.25, 0.3) is 0 Å². The van der Waals surface area contributed by atoms with Crippen LogP contribution < -0.4 is 10.1 Å². The highest BCUT2D eigenvalue weighted by Gasteiger charge is 2.17. The summed E-state index contributed by atoms with van der Waals surface area (Å²) in [6.45, 7) is 10.1. The quantitative estimate of drug-likeness (QED) is 0.847. The van der Waals surface area contributed by atoms with Gasteiger partial charge in [0, 0.05) is 12.6 Å². The van der Waals surface area contributed by atoms with E-state index in [1.165, 1.54) is 5.56 Å². The molecule has 1 rings (SSSR count). The van der Waals surface area contributed by atoms with Crippen molar-refractivity contribution in [3.05, 3.63) is 29.8 Å². The van der Waals surface area contributed by atoms with Gasteiger partial charge >= 0.3 is 0 Å². The molecule has 4 heteroatoms. The van der Waals surface area contributed by atoms with E-state index in [1.807, 2.05) is 31.2 Å². The number of benzene rings is 1. The summed E-state index contributed by atoms with van der Waals surface area (Å²) in [5.41, 5.74) is 1.32. The van der Waals surface area contributed by atoms with Gasteiger partial charge < -0.3 is 15.2 Å². The Hall–Kier alpha value is -1.55. The molecular weight excluding hydrogens is 266 g/mol. The molecule has 118 valence electrons. The second kappa shape index (κ2) is 7.46. The van der Waals surface area contributed by atoms with E-state index >= 15 is 0 Å². The number of amides is 1. The average Bonchev–Trinajstić information content (AvgIpc) is 2.38. The third kappa shape index (κ3) is 5.76. The number of aliphatic hydroxyl groups is 1. The van der Waals surface area contributed by atoms with Gasteiger partial charge in [-0.2, -0.15) is 0 Å². The van der Waals surface area contributed by atoms with Gasteiger partial charge in [0.1, 0.15) is 5.75 Å². The molecule has 2 N–H and O–H groups in total. The maximum absolute atomic E-state index is 11.9. The highest BCUT2D eigenvalue weighted by Crippen LogP contribution is 2.24. The van der Waals surface area contributed by atoms with Gasteiger partial charge in [0.05, 0.1) is 0 Å². The Morgan fingerprint density at radius 3 is 2.29 bits per heavy atom. The minimum atomic E-state index is -0.563. The molecule has 0 fully saturated rings. The summed E-state index contributed by atoms with van der Waals surface area (Å²) in [6.07, 6.45) is -0.0229. The smallest absolute Gasteiger partial charge is 0.260 e. The van der Waals surface area contributed by atoms with Gasteiger partial charge in [-0.05, 0) is 43.4 Å². The fourth-order valence-electron chi connectivity index (χ4n) is 1.92. The summed E-state index contributed by atoms with van der Waals surface area (Å²) >= 11 is 0. The number of hydrogen-bond donors (Lipinski definition) is 2. The zero-order chi connectivity index (χ0) is 16.0. The standard InChI is InChI=1S/C17H27NO3/c1-12(10-11-19)18-16(20)13(2)21-15-8-6-14(7-9-15)17(3,4)5/h6-9,12-13,19H,10-11H2,1-5H3,(H,18,20). The van der Waals surface area contributed by atoms with Gasteiger partial charge in [-0.25, -0.2) is 0 Å². The molecule has 2 atom stereocenters. The molecule has 0 aliphatic carbocycles. The van der Waals surface area contributed by atoms with Crippen molar-refractivity contribution in [2.75, 3.05) is 6.61 Å². The molecule has 0 aliphatic heterocycles. The number of aliphatic hydroxyl groups excluding tert-OH is 1. The molecule has 0 saturated carbocycles. The largest absolute Gasteiger partial charge is 0.481 e. The van der Waals surface area contributed by atoms with Crippen LogP contribution in [0, 0.1) is 0 Å². The molecule has 1 aromatic rings. The predicted octanol–water partition coefficient (Wildman–Crippen LogP) is 2.64. The first-order chi connectivity index (χ1) is 9.74. The van der Waals surface area contributed by atoms with Crippen LogP contribution in [0.5, 0.6) is 5.75 Å². The van der Waals surface area contributed by atoms with Crippen molar-refractivity contribution < 1.29 is 14.6 Å². The lowest BCUT2D eigenvalue weighted by molar-refractivity contribution is -0.127. The number of nitrogens with one attached hydrogen (secondary N) is 1. The number of hydrogen-bond acceptors (Lipinski definition) is 3. The number of carbonyl (C=O) groups is 1. The second-order valence-electron chi connectivity index (χ2n) is 6.46. The first-order valence-corrected chi connectivity index (χ1v) is 7.42. The molecular formula is C17H27NO3. The third-order valence-electron chi connectivity index (χ3n) is 3.35. The van der Waals surface area contributed by atoms with E-state index in [-0.39, 0.29) is 24.0 Å². The molecule has 1 amide bonds. The first-order valence-electron chi connectivity index (χ1n) is 7.42. The van der Waals surface area contributed by atoms with Gasteiger partial charge in [-0.3, -0.25) is 4.79 Å². The first kappa shape index (κ1) is 17.5. The minimum absolute atomic E-state index is 0.0585. The van der Waals surface area contributed by atoms with Gasteiger partial charge in [0.2, 0.25) is 0 Å². The van der Waals surface area contributed by atoms with Gasteiger partial charge in [0.15, 0.2) is 6.10 Å². The van der Waals surface area contributed by atoms with Crippen molar-refractivity contribution in [1.29, 1.82) is 0 Å². The van der Waals surface area contributed by atoms with Crippen LogP contribution in [0.2, 0.25) is 0 Å². The van der Waals surface area contributed by atoms with Crippen molar-refractivity contribution in [1.82, 2.24) is 5.32 Å². The Morgan fingerprint density at radius 1 is 1.24 bits per heavy atom. The summed E-state index contributed by atoms with van der Waals surface area (Å²) in [5.74, 6) is 0.510. The Bertz CT molecular complexity index is 448. The monoisotopic (exact) mass is 293 g/mol. The Labute approximate surface area is 127 Å². The normalized spacial score (nSPS) is 14.4. The van der Waals surface area contributed by atoms with Crippen LogP contribution >= 0.6 is 0 Å². The van der Waals surface area contributed by atoms with Crippen molar-refractivity contribution in [2.45, 2.75) is 58.6 Å². The van der Waals surface area contributed by atoms with E-state index in [2.05, 4.69) is 26.1 Å². The van der Waals surface area contributed by atoms with Crippen LogP contribution in [-0.4, -0.2) is 29.8 Å². The van der Waals surface area contributed by atoms with Crippen molar-refractivity contribution in [3.8, 4) is 5.75 Å². The molecule has 2 unspecified atom stereocenters. The predicted molar refractivity (Wildman–Crippen MR) is 84.5 cm³/mol. The van der Waals surface area contributed by atoms with E-state index in [0.717, 1.165) is 0 Å². The average molecular weight is 293 g/mol. The van der Waals surface area contributed by atoms with Crippen LogP contribution in [0.15, 0.2) is 24.3 Å². The van der Waals surface area contributed by atoms with Crippen molar-refractivity contribution >= 4 is 5.91 Å². The summed E-state index contributed by atoms with van der Waals surface area (Å²) in [4.78, 5) is 11.9. The molecule has 0 spiro atoms. The molecule has 0 radical (unpaired) electrons. The lowest BCUT2D eigenvalue weighted by Crippen LogP contribution is -2.41.